The highest BCUT2D eigenvalue weighted by molar-refractivity contribution is 7.91. The van der Waals surface area contributed by atoms with Crippen molar-refractivity contribution in [3.8, 4) is 0 Å². The van der Waals surface area contributed by atoms with Crippen LogP contribution in [0, 0.1) is 18.8 Å². The van der Waals surface area contributed by atoms with Crippen molar-refractivity contribution < 1.29 is 8.42 Å². The van der Waals surface area contributed by atoms with Gasteiger partial charge in [0.1, 0.15) is 0 Å². The third-order valence-electron chi connectivity index (χ3n) is 3.75. The fraction of sp³-hybridized carbons (Fsp3) is 0.786. The Morgan fingerprint density at radius 1 is 1.43 bits per heavy atom. The van der Waals surface area contributed by atoms with E-state index in [1.54, 1.807) is 4.31 Å². The molecule has 2 heterocycles. The Balaban J connectivity index is 1.86. The van der Waals surface area contributed by atoms with E-state index < -0.39 is 10.0 Å². The van der Waals surface area contributed by atoms with E-state index in [9.17, 15) is 8.42 Å². The molecule has 0 unspecified atom stereocenters. The van der Waals surface area contributed by atoms with Gasteiger partial charge in [-0.3, -0.25) is 0 Å². The number of thiazole rings is 1. The van der Waals surface area contributed by atoms with Crippen LogP contribution in [0.2, 0.25) is 0 Å². The molecule has 0 radical (unpaired) electrons. The highest BCUT2D eigenvalue weighted by atomic mass is 32.2. The van der Waals surface area contributed by atoms with Crippen LogP contribution in [0.1, 0.15) is 31.7 Å². The number of hydrogen-bond donors (Lipinski definition) is 1. The van der Waals surface area contributed by atoms with Crippen molar-refractivity contribution in [2.45, 2.75) is 37.8 Å². The van der Waals surface area contributed by atoms with Crippen LogP contribution in [0.15, 0.2) is 10.4 Å². The lowest BCUT2D eigenvalue weighted by Gasteiger charge is -2.31. The summed E-state index contributed by atoms with van der Waals surface area (Å²) in [7, 11) is -3.33. The maximum Gasteiger partial charge on any atom is 0.254 e. The molecular weight excluding hydrogens is 306 g/mol. The largest absolute Gasteiger partial charge is 0.316 e. The molecule has 1 aliphatic heterocycles. The van der Waals surface area contributed by atoms with Gasteiger partial charge in [0, 0.05) is 13.1 Å². The number of nitrogens with one attached hydrogen (secondary N) is 1. The van der Waals surface area contributed by atoms with Crippen molar-refractivity contribution in [1.82, 2.24) is 14.6 Å². The minimum absolute atomic E-state index is 0.372. The van der Waals surface area contributed by atoms with Crippen molar-refractivity contribution in [2.75, 3.05) is 26.2 Å². The van der Waals surface area contributed by atoms with Gasteiger partial charge in [0.15, 0.2) is 4.21 Å². The molecule has 0 spiro atoms. The fourth-order valence-electron chi connectivity index (χ4n) is 2.52. The van der Waals surface area contributed by atoms with Crippen molar-refractivity contribution in [3.63, 3.8) is 0 Å². The molecule has 0 amide bonds. The molecule has 1 N–H and O–H groups in total. The van der Waals surface area contributed by atoms with E-state index in [2.05, 4.69) is 24.1 Å². The molecule has 21 heavy (non-hydrogen) atoms. The summed E-state index contributed by atoms with van der Waals surface area (Å²) in [5, 5.41) is 4.26. The minimum atomic E-state index is -3.33. The number of aryl methyl sites for hydroxylation is 1. The number of piperidine rings is 1. The SMILES string of the molecule is Cc1ncc(S(=O)(=O)N2CCC(CNCC(C)C)CC2)s1. The average molecular weight is 332 g/mol. The molecule has 1 aliphatic rings. The summed E-state index contributed by atoms with van der Waals surface area (Å²) in [5.41, 5.74) is 0. The van der Waals surface area contributed by atoms with Crippen LogP contribution in [0.3, 0.4) is 0 Å². The van der Waals surface area contributed by atoms with Crippen LogP contribution < -0.4 is 5.32 Å². The quantitative estimate of drug-likeness (QED) is 0.867. The Kier molecular flexibility index (Phi) is 5.76. The molecule has 0 atom stereocenters. The molecule has 0 saturated carbocycles. The Morgan fingerprint density at radius 3 is 2.62 bits per heavy atom. The standard InChI is InChI=1S/C14H25N3O2S2/c1-11(2)8-15-9-13-4-6-17(7-5-13)21(18,19)14-10-16-12(3)20-14/h10-11,13,15H,4-9H2,1-3H3. The van der Waals surface area contributed by atoms with E-state index >= 15 is 0 Å². The van der Waals surface area contributed by atoms with Crippen LogP contribution in [-0.2, 0) is 10.0 Å². The van der Waals surface area contributed by atoms with Gasteiger partial charge in [0.05, 0.1) is 11.2 Å². The van der Waals surface area contributed by atoms with E-state index in [-0.39, 0.29) is 0 Å². The summed E-state index contributed by atoms with van der Waals surface area (Å²) in [6.45, 7) is 9.47. The Bertz CT molecular complexity index is 546. The molecule has 0 aliphatic carbocycles. The van der Waals surface area contributed by atoms with Crippen molar-refractivity contribution >= 4 is 21.4 Å². The predicted octanol–water partition coefficient (Wildman–Crippen LogP) is 2.10. The van der Waals surface area contributed by atoms with Crippen LogP contribution in [0.4, 0.5) is 0 Å². The monoisotopic (exact) mass is 331 g/mol. The zero-order valence-corrected chi connectivity index (χ0v) is 14.6. The summed E-state index contributed by atoms with van der Waals surface area (Å²) in [5.74, 6) is 1.23. The molecule has 5 nitrogen and oxygen atoms in total. The number of hydrogen-bond acceptors (Lipinski definition) is 5. The van der Waals surface area contributed by atoms with E-state index in [0.29, 0.717) is 29.1 Å². The Morgan fingerprint density at radius 2 is 2.10 bits per heavy atom. The third-order valence-corrected chi connectivity index (χ3v) is 7.00. The zero-order valence-electron chi connectivity index (χ0n) is 13.0. The van der Waals surface area contributed by atoms with Crippen LogP contribution in [-0.4, -0.2) is 43.9 Å². The second-order valence-electron chi connectivity index (χ2n) is 6.10. The first-order valence-electron chi connectivity index (χ1n) is 7.53. The molecule has 2 rings (SSSR count). The maximum absolute atomic E-state index is 12.5. The molecule has 1 aromatic rings. The molecule has 1 aromatic heterocycles. The average Bonchev–Trinajstić information content (AvgIpc) is 2.86. The summed E-state index contributed by atoms with van der Waals surface area (Å²) in [6, 6.07) is 0. The highest BCUT2D eigenvalue weighted by Crippen LogP contribution is 2.26. The fourth-order valence-corrected chi connectivity index (χ4v) is 5.25. The third kappa shape index (κ3) is 4.48. The van der Waals surface area contributed by atoms with Gasteiger partial charge in [-0.25, -0.2) is 13.4 Å². The van der Waals surface area contributed by atoms with Gasteiger partial charge >= 0.3 is 0 Å². The lowest BCUT2D eigenvalue weighted by molar-refractivity contribution is 0.266. The lowest BCUT2D eigenvalue weighted by Crippen LogP contribution is -2.40. The highest BCUT2D eigenvalue weighted by Gasteiger charge is 2.30. The van der Waals surface area contributed by atoms with Crippen molar-refractivity contribution in [1.29, 1.82) is 0 Å². The topological polar surface area (TPSA) is 62.3 Å². The zero-order chi connectivity index (χ0) is 15.5. The summed E-state index contributed by atoms with van der Waals surface area (Å²) >= 11 is 1.25. The van der Waals surface area contributed by atoms with Crippen LogP contribution >= 0.6 is 11.3 Å². The van der Waals surface area contributed by atoms with Gasteiger partial charge < -0.3 is 5.32 Å². The van der Waals surface area contributed by atoms with Crippen LogP contribution in [0.25, 0.3) is 0 Å². The Labute approximate surface area is 131 Å². The molecule has 120 valence electrons. The molecule has 1 saturated heterocycles. The van der Waals surface area contributed by atoms with Crippen LogP contribution in [0.5, 0.6) is 0 Å². The predicted molar refractivity (Wildman–Crippen MR) is 86.0 cm³/mol. The molecule has 7 heteroatoms. The van der Waals surface area contributed by atoms with Crippen molar-refractivity contribution in [2.24, 2.45) is 11.8 Å². The summed E-state index contributed by atoms with van der Waals surface area (Å²) < 4.78 is 27.0. The van der Waals surface area contributed by atoms with E-state index in [1.165, 1.54) is 17.5 Å². The maximum atomic E-state index is 12.5. The van der Waals surface area contributed by atoms with Gasteiger partial charge in [-0.1, -0.05) is 13.8 Å². The molecule has 1 fully saturated rings. The lowest BCUT2D eigenvalue weighted by atomic mass is 9.98. The smallest absolute Gasteiger partial charge is 0.254 e. The minimum Gasteiger partial charge on any atom is -0.316 e. The molecule has 0 aromatic carbocycles. The normalized spacial score (nSPS) is 18.5. The Hall–Kier alpha value is -0.500. The first-order chi connectivity index (χ1) is 9.89. The van der Waals surface area contributed by atoms with E-state index in [0.717, 1.165) is 30.9 Å². The van der Waals surface area contributed by atoms with Gasteiger partial charge in [-0.05, 0) is 44.7 Å². The van der Waals surface area contributed by atoms with Gasteiger partial charge in [-0.15, -0.1) is 11.3 Å². The van der Waals surface area contributed by atoms with E-state index in [4.69, 9.17) is 0 Å². The number of nitrogens with zero attached hydrogens (tertiary/aromatic N) is 2. The number of rotatable bonds is 6. The van der Waals surface area contributed by atoms with Crippen molar-refractivity contribution in [3.05, 3.63) is 11.2 Å². The first-order valence-corrected chi connectivity index (χ1v) is 9.78. The van der Waals surface area contributed by atoms with Gasteiger partial charge in [0.2, 0.25) is 0 Å². The second-order valence-corrected chi connectivity index (χ2v) is 9.50. The summed E-state index contributed by atoms with van der Waals surface area (Å²) in [4.78, 5) is 4.05. The summed E-state index contributed by atoms with van der Waals surface area (Å²) in [6.07, 6.45) is 3.34. The first kappa shape index (κ1) is 16.9. The molecule has 0 bridgehead atoms. The number of aromatic nitrogens is 1. The van der Waals surface area contributed by atoms with Gasteiger partial charge in [-0.2, -0.15) is 4.31 Å². The second kappa shape index (κ2) is 7.17. The molecular formula is C14H25N3O2S2. The van der Waals surface area contributed by atoms with E-state index in [1.807, 2.05) is 6.92 Å². The van der Waals surface area contributed by atoms with Gasteiger partial charge in [0.25, 0.3) is 10.0 Å². The number of sulfonamides is 1.